The fourth-order valence-corrected chi connectivity index (χ4v) is 13.6. The number of fused-ring (bicyclic) bond motifs is 2. The summed E-state index contributed by atoms with van der Waals surface area (Å²) in [6, 6.07) is 28.4. The molecule has 0 aliphatic carbocycles. The number of morpholine rings is 2. The van der Waals surface area contributed by atoms with Gasteiger partial charge in [-0.1, -0.05) is 47.0 Å². The third kappa shape index (κ3) is 13.8. The van der Waals surface area contributed by atoms with Crippen molar-refractivity contribution >= 4 is 109 Å². The lowest BCUT2D eigenvalue weighted by Gasteiger charge is -2.35. The third-order valence-corrected chi connectivity index (χ3v) is 19.5. The Bertz CT molecular complexity index is 4230. The molecule has 0 N–H and O–H groups in total. The summed E-state index contributed by atoms with van der Waals surface area (Å²) in [5.74, 6) is 0.772. The van der Waals surface area contributed by atoms with Gasteiger partial charge in [-0.25, -0.2) is 53.1 Å². The summed E-state index contributed by atoms with van der Waals surface area (Å²) in [5.41, 5.74) is 5.56. The number of anilines is 2. The van der Waals surface area contributed by atoms with Crippen molar-refractivity contribution in [1.82, 2.24) is 27.9 Å². The van der Waals surface area contributed by atoms with Crippen molar-refractivity contribution in [1.29, 1.82) is 0 Å². The lowest BCUT2D eigenvalue weighted by atomic mass is 9.78. The van der Waals surface area contributed by atoms with Crippen molar-refractivity contribution in [3.63, 3.8) is 0 Å². The monoisotopic (exact) mass is 1240 g/mol. The first-order chi connectivity index (χ1) is 39.4. The highest BCUT2D eigenvalue weighted by Gasteiger charge is 2.52. The predicted molar refractivity (Wildman–Crippen MR) is 335 cm³/mol. The van der Waals surface area contributed by atoms with E-state index in [0.717, 1.165) is 34.5 Å². The molecule has 3 saturated heterocycles. The van der Waals surface area contributed by atoms with E-state index in [1.54, 1.807) is 110 Å². The molecule has 3 fully saturated rings. The number of rotatable bonds is 10. The van der Waals surface area contributed by atoms with E-state index in [0.29, 0.717) is 83.1 Å². The van der Waals surface area contributed by atoms with Crippen molar-refractivity contribution in [3.8, 4) is 11.3 Å². The molecule has 11 rings (SSSR count). The third-order valence-electron chi connectivity index (χ3n) is 14.7. The molecule has 20 nitrogen and oxygen atoms in total. The van der Waals surface area contributed by atoms with Crippen molar-refractivity contribution < 1.29 is 44.0 Å². The minimum absolute atomic E-state index is 0.141. The second-order valence-corrected chi connectivity index (χ2v) is 31.6. The summed E-state index contributed by atoms with van der Waals surface area (Å²) in [6.45, 7) is 20.0. The number of nitrogens with zero attached hydrogens (tertiary/aromatic N) is 10. The topological polar surface area (TPSA) is 232 Å². The molecule has 84 heavy (non-hydrogen) atoms. The Hall–Kier alpha value is -6.29. The molecule has 0 bridgehead atoms. The molecule has 9 heterocycles. The fraction of sp³-hybridized carbons (Fsp3) is 0.379. The summed E-state index contributed by atoms with van der Waals surface area (Å²) in [7, 11) is -12.9. The van der Waals surface area contributed by atoms with E-state index in [9.17, 15) is 25.3 Å². The van der Waals surface area contributed by atoms with Gasteiger partial charge >= 0.3 is 7.12 Å². The Kier molecular flexibility index (Phi) is 18.0. The van der Waals surface area contributed by atoms with Gasteiger partial charge in [-0.05, 0) is 122 Å². The van der Waals surface area contributed by atoms with Crippen LogP contribution in [-0.2, 0) is 58.3 Å². The van der Waals surface area contributed by atoms with Crippen molar-refractivity contribution in [3.05, 3.63) is 138 Å². The van der Waals surface area contributed by atoms with E-state index < -0.39 is 57.8 Å². The van der Waals surface area contributed by atoms with Gasteiger partial charge in [-0.2, -0.15) is 8.73 Å². The average Bonchev–Trinajstić information content (AvgIpc) is 1.97. The van der Waals surface area contributed by atoms with Crippen LogP contribution in [0.4, 0.5) is 23.0 Å². The zero-order chi connectivity index (χ0) is 60.7. The molecule has 0 amide bonds. The van der Waals surface area contributed by atoms with E-state index in [2.05, 4.69) is 47.3 Å². The van der Waals surface area contributed by atoms with Gasteiger partial charge in [0.1, 0.15) is 5.15 Å². The number of hydrogen-bond acceptors (Lipinski definition) is 18. The predicted octanol–water partition coefficient (Wildman–Crippen LogP) is 9.43. The van der Waals surface area contributed by atoms with Gasteiger partial charge in [0.2, 0.25) is 0 Å². The Morgan fingerprint density at radius 3 is 1.50 bits per heavy atom. The van der Waals surface area contributed by atoms with E-state index >= 15 is 0 Å². The highest BCUT2D eigenvalue weighted by atomic mass is 35.5. The molecule has 0 radical (unpaired) electrons. The zero-order valence-electron chi connectivity index (χ0n) is 49.1. The number of ether oxygens (including phenoxy) is 2. The molecule has 3 aliphatic rings. The minimum Gasteiger partial charge on any atom is -0.399 e. The van der Waals surface area contributed by atoms with Crippen molar-refractivity contribution in [2.75, 3.05) is 74.3 Å². The van der Waals surface area contributed by atoms with Gasteiger partial charge in [0, 0.05) is 134 Å². The molecule has 3 aliphatic heterocycles. The van der Waals surface area contributed by atoms with Crippen LogP contribution < -0.4 is 15.3 Å². The normalized spacial score (nSPS) is 18.2. The van der Waals surface area contributed by atoms with Crippen LogP contribution in [0.25, 0.3) is 33.3 Å². The molecule has 6 aromatic heterocycles. The Morgan fingerprint density at radius 1 is 0.583 bits per heavy atom. The lowest BCUT2D eigenvalue weighted by molar-refractivity contribution is 0.00578. The first kappa shape index (κ1) is 62.3. The van der Waals surface area contributed by atoms with E-state index in [1.807, 2.05) is 65.8 Å². The minimum atomic E-state index is -3.85. The first-order valence-electron chi connectivity index (χ1n) is 27.1. The smallest absolute Gasteiger partial charge is 0.399 e. The SMILES string of the molecule is C[C@@H]1COCCN1c1cc(Cl)nc(N=S(C)(C)=O)c1.Cc1ccc(S(=O)(=O)n2ccc3c(-c4cc(N5CCOC[C@H]5C)cc(N=S(C)(C)=O)n4)ccnc32)cc1.Cc1ccc(S(=O)(=O)n2ccc3c(B4OC(C)(C)C(C)(C)O4)ccnc32)cc1. The van der Waals surface area contributed by atoms with Gasteiger partial charge < -0.3 is 28.6 Å². The maximum atomic E-state index is 13.4. The maximum Gasteiger partial charge on any atom is 0.495 e. The Labute approximate surface area is 498 Å². The largest absolute Gasteiger partial charge is 0.495 e. The summed E-state index contributed by atoms with van der Waals surface area (Å²) >= 11 is 6.02. The molecule has 26 heteroatoms. The number of hydrogen-bond donors (Lipinski definition) is 0. The van der Waals surface area contributed by atoms with Crippen molar-refractivity contribution in [2.24, 2.45) is 8.73 Å². The van der Waals surface area contributed by atoms with Crippen LogP contribution in [-0.4, -0.2) is 148 Å². The molecule has 0 unspecified atom stereocenters. The molecule has 446 valence electrons. The number of pyridine rings is 4. The quantitative estimate of drug-likeness (QED) is 0.0916. The molecule has 0 spiro atoms. The Morgan fingerprint density at radius 2 is 1.02 bits per heavy atom. The number of halogens is 1. The van der Waals surface area contributed by atoms with Gasteiger partial charge in [0.25, 0.3) is 20.0 Å². The van der Waals surface area contributed by atoms with Crippen molar-refractivity contribution in [2.45, 2.75) is 88.5 Å². The second kappa shape index (κ2) is 24.2. The van der Waals surface area contributed by atoms with E-state index in [4.69, 9.17) is 35.4 Å². The molecular weight excluding hydrogens is 1170 g/mol. The average molecular weight is 1240 g/mol. The zero-order valence-corrected chi connectivity index (χ0v) is 53.1. The number of aryl methyl sites for hydroxylation is 2. The Balaban J connectivity index is 0.000000159. The fourth-order valence-electron chi connectivity index (χ4n) is 9.69. The van der Waals surface area contributed by atoms with Crippen LogP contribution in [0.5, 0.6) is 0 Å². The second-order valence-electron chi connectivity index (χ2n) is 22.5. The van der Waals surface area contributed by atoms with Gasteiger partial charge in [0.15, 0.2) is 22.9 Å². The maximum absolute atomic E-state index is 13.4. The van der Waals surface area contributed by atoms with E-state index in [-0.39, 0.29) is 21.9 Å². The number of benzene rings is 2. The summed E-state index contributed by atoms with van der Waals surface area (Å²) < 4.78 is 112. The lowest BCUT2D eigenvalue weighted by Crippen LogP contribution is -2.43. The summed E-state index contributed by atoms with van der Waals surface area (Å²) in [5, 5.41) is 1.69. The molecule has 2 aromatic carbocycles. The molecule has 8 aromatic rings. The summed E-state index contributed by atoms with van der Waals surface area (Å²) in [6.07, 6.45) is 12.5. The van der Waals surface area contributed by atoms with Crippen LogP contribution in [0, 0.1) is 13.8 Å². The molecular formula is C58H70BClN10O10S4. The highest BCUT2D eigenvalue weighted by molar-refractivity contribution is 7.92. The van der Waals surface area contributed by atoms with Crippen LogP contribution >= 0.6 is 11.6 Å². The van der Waals surface area contributed by atoms with Crippen LogP contribution in [0.3, 0.4) is 0 Å². The van der Waals surface area contributed by atoms with Crippen LogP contribution in [0.2, 0.25) is 5.15 Å². The summed E-state index contributed by atoms with van der Waals surface area (Å²) in [4.78, 5) is 22.4. The standard InChI is InChI=1S/C26H29N5O4S2.C20H23BN2O4S.C12H18ClN3O2S/c1-18-5-7-21(8-6-18)37(33,34)31-12-10-23-22(9-11-27-26(23)31)24-15-20(30-13-14-35-17-19(30)2)16-25(28-24)29-36(3,4)32;1-14-6-8-15(9-7-14)28(24,25)23-13-11-16-17(10-12-22-18(16)23)21-26-19(2,3)20(4,5)27-21;1-9-8-18-5-4-16(9)10-6-11(13)14-12(7-10)15-19(2,3)17/h5-12,15-16,19H,13-14,17H2,1-4H3;6-13H,1-5H3;6-7,9H,4-5,8H2,1-3H3/t19-;;9-/m1.1/s1. The van der Waals surface area contributed by atoms with Gasteiger partial charge in [0.05, 0.1) is 53.1 Å². The highest BCUT2D eigenvalue weighted by Crippen LogP contribution is 2.38. The van der Waals surface area contributed by atoms with E-state index in [1.165, 1.54) is 20.3 Å². The van der Waals surface area contributed by atoms with Gasteiger partial charge in [-0.15, -0.1) is 0 Å². The molecule has 2 atom stereocenters. The van der Waals surface area contributed by atoms with Crippen LogP contribution in [0.15, 0.2) is 140 Å². The first-order valence-corrected chi connectivity index (χ1v) is 35.0. The van der Waals surface area contributed by atoms with Crippen LogP contribution in [0.1, 0.15) is 52.7 Å². The van der Waals surface area contributed by atoms with Gasteiger partial charge in [-0.3, -0.25) is 0 Å². The number of aromatic nitrogens is 6. The molecule has 0 saturated carbocycles.